The Morgan fingerprint density at radius 3 is 2.31 bits per heavy atom. The maximum absolute atomic E-state index is 12.1. The van der Waals surface area contributed by atoms with Gasteiger partial charge in [-0.2, -0.15) is 13.2 Å². The summed E-state index contributed by atoms with van der Waals surface area (Å²) in [5.74, 6) is -1.29. The summed E-state index contributed by atoms with van der Waals surface area (Å²) in [6.07, 6.45) is -5.22. The van der Waals surface area contributed by atoms with Crippen molar-refractivity contribution in [2.75, 3.05) is 0 Å². The molecule has 16 heavy (non-hydrogen) atoms. The Labute approximate surface area is 89.9 Å². The van der Waals surface area contributed by atoms with Crippen LogP contribution >= 0.6 is 0 Å². The summed E-state index contributed by atoms with van der Waals surface area (Å²) in [5.41, 5.74) is 0.294. The van der Waals surface area contributed by atoms with E-state index in [1.807, 2.05) is 0 Å². The van der Waals surface area contributed by atoms with Crippen LogP contribution in [-0.4, -0.2) is 17.4 Å². The number of halogens is 3. The van der Waals surface area contributed by atoms with Gasteiger partial charge in [0, 0.05) is 0 Å². The molecule has 0 aliphatic rings. The van der Waals surface area contributed by atoms with Gasteiger partial charge in [0.1, 0.15) is 0 Å². The van der Waals surface area contributed by atoms with Crippen molar-refractivity contribution >= 4 is 5.97 Å². The lowest BCUT2D eigenvalue weighted by Crippen LogP contribution is -2.36. The van der Waals surface area contributed by atoms with Gasteiger partial charge in [-0.1, -0.05) is 30.3 Å². The van der Waals surface area contributed by atoms with Gasteiger partial charge in [0.05, 0.1) is 12.5 Å². The monoisotopic (exact) mass is 233 g/mol. The highest BCUT2D eigenvalue weighted by molar-refractivity contribution is 5.67. The molecule has 0 amide bonds. The zero-order chi connectivity index (χ0) is 12.2. The number of carbonyl (C=O) groups is 1. The molecule has 0 aliphatic heterocycles. The van der Waals surface area contributed by atoms with E-state index in [4.69, 9.17) is 5.11 Å². The average molecular weight is 233 g/mol. The minimum Gasteiger partial charge on any atom is -0.481 e. The molecule has 0 unspecified atom stereocenters. The molecule has 0 radical (unpaired) electrons. The second-order valence-corrected chi connectivity index (χ2v) is 3.20. The van der Waals surface area contributed by atoms with Crippen LogP contribution in [0.2, 0.25) is 0 Å². The van der Waals surface area contributed by atoms with Crippen molar-refractivity contribution in [2.45, 2.75) is 18.8 Å². The van der Waals surface area contributed by atoms with Crippen molar-refractivity contribution < 1.29 is 23.1 Å². The number of carboxylic acids is 1. The van der Waals surface area contributed by atoms with Crippen LogP contribution in [0.4, 0.5) is 13.2 Å². The Hall–Kier alpha value is -1.56. The molecule has 88 valence electrons. The lowest BCUT2D eigenvalue weighted by atomic mass is 10.0. The molecule has 1 rings (SSSR count). The van der Waals surface area contributed by atoms with Crippen molar-refractivity contribution in [1.29, 1.82) is 0 Å². The second kappa shape index (κ2) is 4.98. The largest absolute Gasteiger partial charge is 0.481 e. The molecule has 0 spiro atoms. The van der Waals surface area contributed by atoms with E-state index in [9.17, 15) is 18.0 Å². The number of nitrogens with one attached hydrogen (secondary N) is 1. The summed E-state index contributed by atoms with van der Waals surface area (Å²) < 4.78 is 36.4. The van der Waals surface area contributed by atoms with E-state index >= 15 is 0 Å². The van der Waals surface area contributed by atoms with Gasteiger partial charge in [-0.25, -0.2) is 5.32 Å². The Bertz CT molecular complexity index is 351. The average Bonchev–Trinajstić information content (AvgIpc) is 2.15. The zero-order valence-electron chi connectivity index (χ0n) is 8.16. The SMILES string of the molecule is O=C(O)C[C@@H](NC(F)(F)F)c1ccccc1. The summed E-state index contributed by atoms with van der Waals surface area (Å²) in [7, 11) is 0. The summed E-state index contributed by atoms with van der Waals surface area (Å²) in [6, 6.07) is 6.40. The Balaban J connectivity index is 2.84. The molecule has 3 nitrogen and oxygen atoms in total. The quantitative estimate of drug-likeness (QED) is 0.784. The van der Waals surface area contributed by atoms with Gasteiger partial charge in [-0.3, -0.25) is 4.79 Å². The van der Waals surface area contributed by atoms with Crippen molar-refractivity contribution in [1.82, 2.24) is 5.32 Å². The summed E-state index contributed by atoms with van der Waals surface area (Å²) in [4.78, 5) is 10.5. The minimum absolute atomic E-state index is 0.294. The number of hydrogen-bond donors (Lipinski definition) is 2. The molecule has 1 aromatic carbocycles. The number of benzene rings is 1. The van der Waals surface area contributed by atoms with E-state index in [1.54, 1.807) is 18.2 Å². The first kappa shape index (κ1) is 12.5. The van der Waals surface area contributed by atoms with Gasteiger partial charge >= 0.3 is 12.3 Å². The predicted molar refractivity (Wildman–Crippen MR) is 50.6 cm³/mol. The van der Waals surface area contributed by atoms with Crippen molar-refractivity contribution in [3.8, 4) is 0 Å². The van der Waals surface area contributed by atoms with Gasteiger partial charge < -0.3 is 5.11 Å². The van der Waals surface area contributed by atoms with Crippen LogP contribution < -0.4 is 5.32 Å². The maximum atomic E-state index is 12.1. The fourth-order valence-electron chi connectivity index (χ4n) is 1.31. The fourth-order valence-corrected chi connectivity index (χ4v) is 1.31. The molecule has 0 aromatic heterocycles. The van der Waals surface area contributed by atoms with E-state index in [0.29, 0.717) is 5.56 Å². The Morgan fingerprint density at radius 2 is 1.88 bits per heavy atom. The third kappa shape index (κ3) is 4.31. The van der Waals surface area contributed by atoms with Crippen LogP contribution in [0, 0.1) is 0 Å². The first-order valence-corrected chi connectivity index (χ1v) is 4.49. The third-order valence-corrected chi connectivity index (χ3v) is 1.92. The van der Waals surface area contributed by atoms with Gasteiger partial charge in [0.15, 0.2) is 0 Å². The predicted octanol–water partition coefficient (Wildman–Crippen LogP) is 2.31. The van der Waals surface area contributed by atoms with E-state index in [-0.39, 0.29) is 0 Å². The van der Waals surface area contributed by atoms with Gasteiger partial charge in [0.2, 0.25) is 0 Å². The lowest BCUT2D eigenvalue weighted by molar-refractivity contribution is -0.167. The Kier molecular flexibility index (Phi) is 3.89. The van der Waals surface area contributed by atoms with Crippen molar-refractivity contribution in [2.24, 2.45) is 0 Å². The molecule has 0 bridgehead atoms. The molecule has 1 atom stereocenters. The molecule has 0 fully saturated rings. The van der Waals surface area contributed by atoms with Gasteiger partial charge in [-0.15, -0.1) is 0 Å². The minimum atomic E-state index is -4.60. The normalized spacial score (nSPS) is 13.4. The van der Waals surface area contributed by atoms with Crippen molar-refractivity contribution in [3.63, 3.8) is 0 Å². The van der Waals surface area contributed by atoms with Crippen LogP contribution in [0.15, 0.2) is 30.3 Å². The molecule has 1 aromatic rings. The molecule has 0 saturated carbocycles. The summed E-state index contributed by atoms with van der Waals surface area (Å²) in [5, 5.41) is 9.86. The maximum Gasteiger partial charge on any atom is 0.457 e. The number of hydrogen-bond acceptors (Lipinski definition) is 2. The van der Waals surface area contributed by atoms with Crippen molar-refractivity contribution in [3.05, 3.63) is 35.9 Å². The van der Waals surface area contributed by atoms with Gasteiger partial charge in [-0.05, 0) is 5.56 Å². The second-order valence-electron chi connectivity index (χ2n) is 3.20. The Morgan fingerprint density at radius 1 is 1.31 bits per heavy atom. The van der Waals surface area contributed by atoms with Crippen LogP contribution in [0.3, 0.4) is 0 Å². The molecule has 0 heterocycles. The van der Waals surface area contributed by atoms with Crippen LogP contribution in [0.1, 0.15) is 18.0 Å². The van der Waals surface area contributed by atoms with Crippen LogP contribution in [0.5, 0.6) is 0 Å². The first-order chi connectivity index (χ1) is 7.38. The summed E-state index contributed by atoms with van der Waals surface area (Å²) >= 11 is 0. The van der Waals surface area contributed by atoms with Crippen LogP contribution in [-0.2, 0) is 4.79 Å². The third-order valence-electron chi connectivity index (χ3n) is 1.92. The molecule has 0 aliphatic carbocycles. The lowest BCUT2D eigenvalue weighted by Gasteiger charge is -2.19. The standard InChI is InChI=1S/C10H10F3NO2/c11-10(12,13)14-8(6-9(15)16)7-4-2-1-3-5-7/h1-5,8,14H,6H2,(H,15,16)/t8-/m1/s1. The first-order valence-electron chi connectivity index (χ1n) is 4.49. The van der Waals surface area contributed by atoms with E-state index in [1.165, 1.54) is 17.4 Å². The summed E-state index contributed by atoms with van der Waals surface area (Å²) in [6.45, 7) is 0. The smallest absolute Gasteiger partial charge is 0.457 e. The molecular weight excluding hydrogens is 223 g/mol. The molecule has 6 heteroatoms. The number of rotatable bonds is 4. The van der Waals surface area contributed by atoms with Gasteiger partial charge in [0.25, 0.3) is 0 Å². The zero-order valence-corrected chi connectivity index (χ0v) is 8.16. The molecule has 2 N–H and O–H groups in total. The highest BCUT2D eigenvalue weighted by Gasteiger charge is 2.32. The van der Waals surface area contributed by atoms with E-state index < -0.39 is 24.7 Å². The molecule has 0 saturated heterocycles. The molecular formula is C10H10F3NO2. The van der Waals surface area contributed by atoms with E-state index in [2.05, 4.69) is 0 Å². The van der Waals surface area contributed by atoms with Crippen LogP contribution in [0.25, 0.3) is 0 Å². The fraction of sp³-hybridized carbons (Fsp3) is 0.300. The van der Waals surface area contributed by atoms with E-state index in [0.717, 1.165) is 0 Å². The topological polar surface area (TPSA) is 49.3 Å². The highest BCUT2D eigenvalue weighted by atomic mass is 19.4. The number of alkyl halides is 3. The number of carboxylic acid groups (broad SMARTS) is 1. The number of aliphatic carboxylic acids is 1. The highest BCUT2D eigenvalue weighted by Crippen LogP contribution is 2.22.